The highest BCUT2D eigenvalue weighted by molar-refractivity contribution is 5.95. The summed E-state index contributed by atoms with van der Waals surface area (Å²) in [6.45, 7) is -1.69. The molecular weight excluding hydrogens is 596 g/mol. The fraction of sp³-hybridized carbons (Fsp3) is 0.400. The predicted molar refractivity (Wildman–Crippen MR) is 147 cm³/mol. The van der Waals surface area contributed by atoms with Crippen LogP contribution >= 0.6 is 0 Å². The Morgan fingerprint density at radius 2 is 1.82 bits per heavy atom. The molecule has 1 aliphatic rings. The van der Waals surface area contributed by atoms with Gasteiger partial charge >= 0.3 is 12.8 Å². The van der Waals surface area contributed by atoms with Crippen molar-refractivity contribution in [2.24, 2.45) is 5.92 Å². The minimum atomic E-state index is -5.35. The first-order valence-corrected chi connectivity index (χ1v) is 13.8. The number of carbonyl (C=O) groups excluding carboxylic acids is 1. The zero-order valence-corrected chi connectivity index (χ0v) is 23.6. The number of phenolic OH excluding ortho intramolecular Hbond substituents is 1. The van der Waals surface area contributed by atoms with Crippen molar-refractivity contribution >= 4 is 5.91 Å². The van der Waals surface area contributed by atoms with Crippen LogP contribution in [0.5, 0.6) is 17.2 Å². The standard InChI is InChI=1S/C30H31F6N3O5/c1-2-43-26-19(11-12-37-15-17-3-4-17)14-24(39-25(26)18-5-8-21(31)9-6-18)29(42,30(34,35)36)16-38-27(41)20-7-10-23(22(40)13-20)44-28(32)33/h5-10,13-14,17,28,37,40,42H,2-4,11-12,15-16H2,1H3,(H,38,41)/t29-/m0/s1. The predicted octanol–water partition coefficient (Wildman–Crippen LogP) is 5.32. The second kappa shape index (κ2) is 13.7. The molecule has 1 aliphatic carbocycles. The number of halogens is 6. The molecule has 0 radical (unpaired) electrons. The van der Waals surface area contributed by atoms with Gasteiger partial charge < -0.3 is 30.3 Å². The average molecular weight is 628 g/mol. The molecule has 1 saturated carbocycles. The molecule has 0 unspecified atom stereocenters. The summed E-state index contributed by atoms with van der Waals surface area (Å²) >= 11 is 0. The molecule has 4 N–H and O–H groups in total. The number of carbonyl (C=O) groups is 1. The lowest BCUT2D eigenvalue weighted by Gasteiger charge is -2.31. The fourth-order valence-electron chi connectivity index (χ4n) is 4.44. The van der Waals surface area contributed by atoms with Crippen LogP contribution in [0.15, 0.2) is 48.5 Å². The minimum absolute atomic E-state index is 0.0601. The maximum atomic E-state index is 14.6. The van der Waals surface area contributed by atoms with Gasteiger partial charge in [0.1, 0.15) is 17.3 Å². The number of hydrogen-bond acceptors (Lipinski definition) is 7. The van der Waals surface area contributed by atoms with Gasteiger partial charge in [-0.25, -0.2) is 9.37 Å². The van der Waals surface area contributed by atoms with E-state index in [2.05, 4.69) is 15.0 Å². The Hall–Kier alpha value is -4.04. The smallest absolute Gasteiger partial charge is 0.424 e. The highest BCUT2D eigenvalue weighted by Crippen LogP contribution is 2.42. The van der Waals surface area contributed by atoms with E-state index < -0.39 is 53.9 Å². The Kier molecular flexibility index (Phi) is 10.3. The van der Waals surface area contributed by atoms with Gasteiger partial charge in [-0.3, -0.25) is 4.79 Å². The highest BCUT2D eigenvalue weighted by Gasteiger charge is 2.56. The Morgan fingerprint density at radius 1 is 1.11 bits per heavy atom. The summed E-state index contributed by atoms with van der Waals surface area (Å²) < 4.78 is 92.3. The lowest BCUT2D eigenvalue weighted by Crippen LogP contribution is -2.51. The normalized spacial score (nSPS) is 14.8. The summed E-state index contributed by atoms with van der Waals surface area (Å²) in [5.41, 5.74) is -4.46. The average Bonchev–Trinajstić information content (AvgIpc) is 3.80. The van der Waals surface area contributed by atoms with Gasteiger partial charge in [0.15, 0.2) is 11.5 Å². The maximum absolute atomic E-state index is 14.6. The van der Waals surface area contributed by atoms with E-state index in [0.29, 0.717) is 18.0 Å². The third-order valence-corrected chi connectivity index (χ3v) is 6.99. The zero-order valence-electron chi connectivity index (χ0n) is 23.6. The number of benzene rings is 2. The van der Waals surface area contributed by atoms with Crippen LogP contribution in [0, 0.1) is 11.7 Å². The number of phenols is 1. The second-order valence-electron chi connectivity index (χ2n) is 10.3. The number of ether oxygens (including phenoxy) is 2. The van der Waals surface area contributed by atoms with Crippen LogP contribution in [0.3, 0.4) is 0 Å². The van der Waals surface area contributed by atoms with Crippen molar-refractivity contribution in [3.05, 3.63) is 71.2 Å². The Balaban J connectivity index is 1.70. The Morgan fingerprint density at radius 3 is 2.41 bits per heavy atom. The minimum Gasteiger partial charge on any atom is -0.504 e. The van der Waals surface area contributed by atoms with Gasteiger partial charge in [0, 0.05) is 11.1 Å². The van der Waals surface area contributed by atoms with E-state index in [9.17, 15) is 41.4 Å². The largest absolute Gasteiger partial charge is 0.504 e. The number of amides is 1. The van der Waals surface area contributed by atoms with Gasteiger partial charge in [0.05, 0.1) is 18.8 Å². The van der Waals surface area contributed by atoms with Crippen molar-refractivity contribution in [1.29, 1.82) is 0 Å². The van der Waals surface area contributed by atoms with Crippen molar-refractivity contribution < 1.29 is 50.8 Å². The number of pyridine rings is 1. The van der Waals surface area contributed by atoms with Crippen LogP contribution in [0.1, 0.15) is 41.4 Å². The molecule has 1 aromatic heterocycles. The molecule has 0 bridgehead atoms. The van der Waals surface area contributed by atoms with Gasteiger partial charge in [0.25, 0.3) is 5.91 Å². The van der Waals surface area contributed by atoms with Gasteiger partial charge in [-0.15, -0.1) is 0 Å². The molecule has 3 aromatic rings. The molecule has 238 valence electrons. The first-order chi connectivity index (χ1) is 20.8. The van der Waals surface area contributed by atoms with Gasteiger partial charge in [-0.2, -0.15) is 22.0 Å². The van der Waals surface area contributed by atoms with E-state index >= 15 is 0 Å². The van der Waals surface area contributed by atoms with E-state index in [4.69, 9.17) is 4.74 Å². The SMILES string of the molecule is CCOc1c(CCNCC2CC2)cc([C@@](O)(CNC(=O)c2ccc(OC(F)F)c(O)c2)C(F)(F)F)nc1-c1ccc(F)cc1. The molecule has 2 aromatic carbocycles. The van der Waals surface area contributed by atoms with Crippen LogP contribution < -0.4 is 20.1 Å². The van der Waals surface area contributed by atoms with Gasteiger partial charge in [0.2, 0.25) is 5.60 Å². The van der Waals surface area contributed by atoms with Crippen molar-refractivity contribution in [1.82, 2.24) is 15.6 Å². The number of aromatic nitrogens is 1. The number of hydrogen-bond donors (Lipinski definition) is 4. The molecule has 0 aliphatic heterocycles. The Labute approximate surface area is 249 Å². The van der Waals surface area contributed by atoms with E-state index in [1.165, 1.54) is 12.1 Å². The number of aliphatic hydroxyl groups is 1. The first-order valence-electron chi connectivity index (χ1n) is 13.8. The fourth-order valence-corrected chi connectivity index (χ4v) is 4.44. The van der Waals surface area contributed by atoms with Crippen LogP contribution in [0.25, 0.3) is 11.3 Å². The topological polar surface area (TPSA) is 113 Å². The number of alkyl halides is 5. The molecule has 14 heteroatoms. The van der Waals surface area contributed by atoms with E-state index in [0.717, 1.165) is 55.8 Å². The van der Waals surface area contributed by atoms with Gasteiger partial charge in [-0.1, -0.05) is 0 Å². The number of rotatable bonds is 14. The molecule has 8 nitrogen and oxygen atoms in total. The summed E-state index contributed by atoms with van der Waals surface area (Å²) in [4.78, 5) is 16.9. The molecule has 44 heavy (non-hydrogen) atoms. The molecule has 4 rings (SSSR count). The molecule has 1 heterocycles. The zero-order chi connectivity index (χ0) is 32.1. The van der Waals surface area contributed by atoms with Gasteiger partial charge in [-0.05, 0) is 99.3 Å². The third kappa shape index (κ3) is 7.91. The van der Waals surface area contributed by atoms with Crippen molar-refractivity contribution in [2.45, 2.75) is 44.6 Å². The summed E-state index contributed by atoms with van der Waals surface area (Å²) in [5, 5.41) is 26.3. The summed E-state index contributed by atoms with van der Waals surface area (Å²) in [7, 11) is 0. The molecule has 0 spiro atoms. The number of nitrogens with one attached hydrogen (secondary N) is 2. The van der Waals surface area contributed by atoms with Crippen molar-refractivity contribution in [3.63, 3.8) is 0 Å². The summed E-state index contributed by atoms with van der Waals surface area (Å²) in [5.74, 6) is -2.50. The molecule has 1 fully saturated rings. The van der Waals surface area contributed by atoms with Crippen LogP contribution in [-0.4, -0.2) is 60.1 Å². The lowest BCUT2D eigenvalue weighted by molar-refractivity contribution is -0.265. The monoisotopic (exact) mass is 627 g/mol. The summed E-state index contributed by atoms with van der Waals surface area (Å²) in [6, 6.07) is 8.46. The van der Waals surface area contributed by atoms with Crippen LogP contribution in [-0.2, 0) is 12.0 Å². The van der Waals surface area contributed by atoms with E-state index in [1.807, 2.05) is 5.32 Å². The highest BCUT2D eigenvalue weighted by atomic mass is 19.4. The first kappa shape index (κ1) is 32.9. The Bertz CT molecular complexity index is 1450. The molecule has 0 saturated heterocycles. The third-order valence-electron chi connectivity index (χ3n) is 6.99. The van der Waals surface area contributed by atoms with E-state index in [1.54, 1.807) is 6.92 Å². The quantitative estimate of drug-likeness (QED) is 0.142. The maximum Gasteiger partial charge on any atom is 0.424 e. The molecular formula is C30H31F6N3O5. The van der Waals surface area contributed by atoms with Crippen LogP contribution in [0.4, 0.5) is 26.3 Å². The lowest BCUT2D eigenvalue weighted by atomic mass is 9.93. The van der Waals surface area contributed by atoms with Crippen molar-refractivity contribution in [2.75, 3.05) is 26.2 Å². The number of nitrogens with zero attached hydrogens (tertiary/aromatic N) is 1. The molecule has 1 amide bonds. The second-order valence-corrected chi connectivity index (χ2v) is 10.3. The molecule has 1 atom stereocenters. The number of aromatic hydroxyl groups is 1. The van der Waals surface area contributed by atoms with Crippen molar-refractivity contribution in [3.8, 4) is 28.5 Å². The summed E-state index contributed by atoms with van der Waals surface area (Å²) in [6.07, 6.45) is -2.94. The van der Waals surface area contributed by atoms with E-state index in [-0.39, 0.29) is 35.6 Å². The van der Waals surface area contributed by atoms with Crippen LogP contribution in [0.2, 0.25) is 0 Å².